The van der Waals surface area contributed by atoms with E-state index < -0.39 is 0 Å². The van der Waals surface area contributed by atoms with Crippen LogP contribution in [0.3, 0.4) is 0 Å². The van der Waals surface area contributed by atoms with Crippen LogP contribution in [0.4, 0.5) is 0 Å². The molecule has 19 heavy (non-hydrogen) atoms. The molecule has 2 nitrogen and oxygen atoms in total. The highest BCUT2D eigenvalue weighted by Crippen LogP contribution is 2.34. The summed E-state index contributed by atoms with van der Waals surface area (Å²) in [5.41, 5.74) is 2.84. The molecule has 4 heteroatoms. The monoisotopic (exact) mass is 336 g/mol. The molecule has 0 amide bonds. The van der Waals surface area contributed by atoms with Crippen molar-refractivity contribution >= 4 is 27.3 Å². The van der Waals surface area contributed by atoms with Gasteiger partial charge in [0.2, 0.25) is 0 Å². The standard InChI is InChI=1S/C15H17BrN2S/c1-17-13(6-10-5-12(16)9-18-8-10)15-7-11-3-2-4-14(11)19-15/h5,7-9,13,17H,2-4,6H2,1H3. The molecule has 0 spiro atoms. The van der Waals surface area contributed by atoms with Gasteiger partial charge in [-0.2, -0.15) is 0 Å². The Hall–Kier alpha value is -0.710. The molecule has 0 aliphatic heterocycles. The maximum atomic E-state index is 4.24. The van der Waals surface area contributed by atoms with Crippen LogP contribution >= 0.6 is 27.3 Å². The lowest BCUT2D eigenvalue weighted by atomic mass is 10.1. The van der Waals surface area contributed by atoms with Crippen molar-refractivity contribution in [2.45, 2.75) is 31.7 Å². The molecule has 1 aliphatic rings. The van der Waals surface area contributed by atoms with Crippen molar-refractivity contribution in [2.75, 3.05) is 7.05 Å². The Morgan fingerprint density at radius 1 is 1.37 bits per heavy atom. The number of hydrogen-bond donors (Lipinski definition) is 1. The molecule has 1 N–H and O–H groups in total. The fourth-order valence-electron chi connectivity index (χ4n) is 2.67. The number of likely N-dealkylation sites (N-methyl/N-ethyl adjacent to an activating group) is 1. The normalized spacial score (nSPS) is 15.5. The van der Waals surface area contributed by atoms with Gasteiger partial charge < -0.3 is 5.32 Å². The molecular weight excluding hydrogens is 320 g/mol. The fourth-order valence-corrected chi connectivity index (χ4v) is 4.45. The second kappa shape index (κ2) is 5.73. The molecule has 0 aromatic carbocycles. The lowest BCUT2D eigenvalue weighted by Crippen LogP contribution is -2.17. The second-order valence-electron chi connectivity index (χ2n) is 5.01. The molecule has 3 rings (SSSR count). The second-order valence-corrected chi connectivity index (χ2v) is 7.09. The van der Waals surface area contributed by atoms with Gasteiger partial charge in [-0.25, -0.2) is 0 Å². The van der Waals surface area contributed by atoms with Crippen molar-refractivity contribution in [3.8, 4) is 0 Å². The van der Waals surface area contributed by atoms with Crippen molar-refractivity contribution in [1.29, 1.82) is 0 Å². The molecule has 1 unspecified atom stereocenters. The van der Waals surface area contributed by atoms with E-state index in [-0.39, 0.29) is 0 Å². The van der Waals surface area contributed by atoms with Gasteiger partial charge in [0, 0.05) is 32.7 Å². The molecular formula is C15H17BrN2S. The van der Waals surface area contributed by atoms with Crippen LogP contribution in [0.15, 0.2) is 29.0 Å². The molecule has 0 saturated heterocycles. The number of halogens is 1. The Bertz CT molecular complexity index is 558. The highest BCUT2D eigenvalue weighted by atomic mass is 79.9. The lowest BCUT2D eigenvalue weighted by Gasteiger charge is -2.14. The first-order valence-corrected chi connectivity index (χ1v) is 8.25. The summed E-state index contributed by atoms with van der Waals surface area (Å²) in [6.45, 7) is 0. The Kier molecular flexibility index (Phi) is 4.01. The molecule has 1 aliphatic carbocycles. The van der Waals surface area contributed by atoms with Gasteiger partial charge in [-0.1, -0.05) is 0 Å². The number of pyridine rings is 1. The van der Waals surface area contributed by atoms with E-state index >= 15 is 0 Å². The lowest BCUT2D eigenvalue weighted by molar-refractivity contribution is 0.600. The number of nitrogens with one attached hydrogen (secondary N) is 1. The van der Waals surface area contributed by atoms with E-state index in [9.17, 15) is 0 Å². The van der Waals surface area contributed by atoms with E-state index in [2.05, 4.69) is 38.4 Å². The number of thiophene rings is 1. The van der Waals surface area contributed by atoms with Gasteiger partial charge in [0.15, 0.2) is 0 Å². The number of aryl methyl sites for hydroxylation is 2. The van der Waals surface area contributed by atoms with E-state index in [0.29, 0.717) is 6.04 Å². The van der Waals surface area contributed by atoms with E-state index in [1.807, 2.05) is 30.8 Å². The van der Waals surface area contributed by atoms with Crippen molar-refractivity contribution in [3.05, 3.63) is 49.9 Å². The van der Waals surface area contributed by atoms with Crippen LogP contribution in [0, 0.1) is 0 Å². The highest BCUT2D eigenvalue weighted by Gasteiger charge is 2.19. The third kappa shape index (κ3) is 2.91. The first-order valence-electron chi connectivity index (χ1n) is 6.64. The number of fused-ring (bicyclic) bond motifs is 1. The topological polar surface area (TPSA) is 24.9 Å². The maximum Gasteiger partial charge on any atom is 0.0454 e. The maximum absolute atomic E-state index is 4.24. The number of hydrogen-bond acceptors (Lipinski definition) is 3. The Balaban J connectivity index is 1.80. The van der Waals surface area contributed by atoms with E-state index in [1.54, 1.807) is 10.4 Å². The smallest absolute Gasteiger partial charge is 0.0454 e. The van der Waals surface area contributed by atoms with Gasteiger partial charge in [-0.05, 0) is 71.9 Å². The minimum Gasteiger partial charge on any atom is -0.312 e. The van der Waals surface area contributed by atoms with E-state index in [0.717, 1.165) is 10.9 Å². The average molecular weight is 337 g/mol. The molecule has 1 atom stereocenters. The van der Waals surface area contributed by atoms with Gasteiger partial charge in [0.1, 0.15) is 0 Å². The summed E-state index contributed by atoms with van der Waals surface area (Å²) >= 11 is 5.47. The van der Waals surface area contributed by atoms with Gasteiger partial charge in [-0.3, -0.25) is 4.98 Å². The number of nitrogens with zero attached hydrogens (tertiary/aromatic N) is 1. The fraction of sp³-hybridized carbons (Fsp3) is 0.400. The minimum absolute atomic E-state index is 0.395. The molecule has 2 aromatic rings. The van der Waals surface area contributed by atoms with Crippen LogP contribution in [0.25, 0.3) is 0 Å². The minimum atomic E-state index is 0.395. The van der Waals surface area contributed by atoms with Gasteiger partial charge >= 0.3 is 0 Å². The number of aromatic nitrogens is 1. The SMILES string of the molecule is CNC(Cc1cncc(Br)c1)c1cc2c(s1)CCC2. The largest absolute Gasteiger partial charge is 0.312 e. The zero-order valence-electron chi connectivity index (χ0n) is 10.9. The van der Waals surface area contributed by atoms with Crippen LogP contribution in [0.5, 0.6) is 0 Å². The Morgan fingerprint density at radius 3 is 3.00 bits per heavy atom. The van der Waals surface area contributed by atoms with Crippen LogP contribution in [0.1, 0.15) is 33.3 Å². The predicted molar refractivity (Wildman–Crippen MR) is 83.8 cm³/mol. The van der Waals surface area contributed by atoms with E-state index in [4.69, 9.17) is 0 Å². The quantitative estimate of drug-likeness (QED) is 0.915. The number of rotatable bonds is 4. The summed E-state index contributed by atoms with van der Waals surface area (Å²) in [6.07, 6.45) is 8.65. The van der Waals surface area contributed by atoms with Crippen molar-refractivity contribution < 1.29 is 0 Å². The molecule has 2 aromatic heterocycles. The molecule has 100 valence electrons. The Morgan fingerprint density at radius 2 is 2.26 bits per heavy atom. The predicted octanol–water partition coefficient (Wildman–Crippen LogP) is 3.90. The third-order valence-corrected chi connectivity index (χ3v) is 5.44. The molecule has 0 saturated carbocycles. The van der Waals surface area contributed by atoms with Crippen molar-refractivity contribution in [2.24, 2.45) is 0 Å². The molecule has 0 fully saturated rings. The van der Waals surface area contributed by atoms with Crippen LogP contribution in [-0.4, -0.2) is 12.0 Å². The summed E-state index contributed by atoms with van der Waals surface area (Å²) in [7, 11) is 2.04. The summed E-state index contributed by atoms with van der Waals surface area (Å²) in [5, 5.41) is 3.44. The zero-order valence-corrected chi connectivity index (χ0v) is 13.4. The summed E-state index contributed by atoms with van der Waals surface area (Å²) < 4.78 is 1.05. The van der Waals surface area contributed by atoms with Crippen LogP contribution < -0.4 is 5.32 Å². The van der Waals surface area contributed by atoms with Gasteiger partial charge in [-0.15, -0.1) is 11.3 Å². The first kappa shape index (κ1) is 13.3. The third-order valence-electron chi connectivity index (χ3n) is 3.66. The van der Waals surface area contributed by atoms with Crippen LogP contribution in [-0.2, 0) is 19.3 Å². The van der Waals surface area contributed by atoms with Crippen LogP contribution in [0.2, 0.25) is 0 Å². The molecule has 2 heterocycles. The summed E-state index contributed by atoms with van der Waals surface area (Å²) in [4.78, 5) is 7.31. The van der Waals surface area contributed by atoms with Crippen molar-refractivity contribution in [1.82, 2.24) is 10.3 Å². The van der Waals surface area contributed by atoms with Crippen molar-refractivity contribution in [3.63, 3.8) is 0 Å². The van der Waals surface area contributed by atoms with Gasteiger partial charge in [0.25, 0.3) is 0 Å². The molecule has 0 radical (unpaired) electrons. The van der Waals surface area contributed by atoms with E-state index in [1.165, 1.54) is 29.7 Å². The first-order chi connectivity index (χ1) is 9.26. The Labute approximate surface area is 126 Å². The molecule has 0 bridgehead atoms. The highest BCUT2D eigenvalue weighted by molar-refractivity contribution is 9.10. The summed E-state index contributed by atoms with van der Waals surface area (Å²) in [5.74, 6) is 0. The average Bonchev–Trinajstić information content (AvgIpc) is 2.96. The summed E-state index contributed by atoms with van der Waals surface area (Å²) in [6, 6.07) is 4.95. The van der Waals surface area contributed by atoms with Gasteiger partial charge in [0.05, 0.1) is 0 Å². The zero-order chi connectivity index (χ0) is 13.2.